The summed E-state index contributed by atoms with van der Waals surface area (Å²) >= 11 is 3.46. The Bertz CT molecular complexity index is 769. The highest BCUT2D eigenvalue weighted by atomic mass is 79.9. The van der Waals surface area contributed by atoms with Crippen molar-refractivity contribution in [1.29, 1.82) is 5.26 Å². The molecule has 2 aromatic rings. The lowest BCUT2D eigenvalue weighted by Crippen LogP contribution is -2.30. The van der Waals surface area contributed by atoms with Gasteiger partial charge in [-0.15, -0.1) is 0 Å². The van der Waals surface area contributed by atoms with E-state index in [0.29, 0.717) is 12.1 Å². The molecule has 0 radical (unpaired) electrons. The van der Waals surface area contributed by atoms with Crippen LogP contribution in [-0.4, -0.2) is 19.6 Å². The lowest BCUT2D eigenvalue weighted by Gasteiger charge is -2.15. The minimum absolute atomic E-state index is 0.0194. The van der Waals surface area contributed by atoms with E-state index in [-0.39, 0.29) is 18.5 Å². The molecule has 0 aromatic heterocycles. The Kier molecular flexibility index (Phi) is 6.99. The summed E-state index contributed by atoms with van der Waals surface area (Å²) in [7, 11) is 1.62. The molecule has 0 bridgehead atoms. The standard InChI is InChI=1S/C19H20BrN3O2/c1-13(15-5-8-18(25-2)17(20)11-15)22-12-19(24)23-16-6-3-14(4-7-16)9-10-21/h3-8,11,13,22H,9,12H2,1-2H3,(H,23,24)/t13-/m0/s1. The maximum absolute atomic E-state index is 12.1. The van der Waals surface area contributed by atoms with E-state index in [4.69, 9.17) is 10.00 Å². The lowest BCUT2D eigenvalue weighted by molar-refractivity contribution is -0.115. The van der Waals surface area contributed by atoms with Gasteiger partial charge in [-0.25, -0.2) is 0 Å². The third kappa shape index (κ3) is 5.59. The maximum atomic E-state index is 12.1. The molecule has 0 saturated heterocycles. The summed E-state index contributed by atoms with van der Waals surface area (Å²) in [5.74, 6) is 0.654. The summed E-state index contributed by atoms with van der Waals surface area (Å²) in [4.78, 5) is 12.1. The SMILES string of the molecule is COc1ccc([C@H](C)NCC(=O)Nc2ccc(CC#N)cc2)cc1Br. The van der Waals surface area contributed by atoms with Crippen molar-refractivity contribution < 1.29 is 9.53 Å². The first kappa shape index (κ1) is 19.0. The summed E-state index contributed by atoms with van der Waals surface area (Å²) in [6.45, 7) is 2.20. The van der Waals surface area contributed by atoms with Crippen LogP contribution < -0.4 is 15.4 Å². The molecule has 0 aliphatic heterocycles. The summed E-state index contributed by atoms with van der Waals surface area (Å²) in [5, 5.41) is 14.7. The van der Waals surface area contributed by atoms with E-state index in [9.17, 15) is 4.79 Å². The number of nitriles is 1. The normalized spacial score (nSPS) is 11.4. The van der Waals surface area contributed by atoms with Gasteiger partial charge >= 0.3 is 0 Å². The third-order valence-corrected chi connectivity index (χ3v) is 4.39. The van der Waals surface area contributed by atoms with Gasteiger partial charge < -0.3 is 15.4 Å². The highest BCUT2D eigenvalue weighted by molar-refractivity contribution is 9.10. The molecule has 5 nitrogen and oxygen atoms in total. The zero-order chi connectivity index (χ0) is 18.2. The Morgan fingerprint density at radius 1 is 1.28 bits per heavy atom. The number of carbonyl (C=O) groups excluding carboxylic acids is 1. The Morgan fingerprint density at radius 3 is 2.60 bits per heavy atom. The summed E-state index contributed by atoms with van der Waals surface area (Å²) in [5.41, 5.74) is 2.70. The largest absolute Gasteiger partial charge is 0.496 e. The Morgan fingerprint density at radius 2 is 2.00 bits per heavy atom. The molecule has 0 saturated carbocycles. The van der Waals surface area contributed by atoms with Crippen LogP contribution in [-0.2, 0) is 11.2 Å². The van der Waals surface area contributed by atoms with Crippen LogP contribution in [0.25, 0.3) is 0 Å². The van der Waals surface area contributed by atoms with E-state index < -0.39 is 0 Å². The van der Waals surface area contributed by atoms with Crippen molar-refractivity contribution >= 4 is 27.5 Å². The monoisotopic (exact) mass is 401 g/mol. The molecule has 0 heterocycles. The fourth-order valence-electron chi connectivity index (χ4n) is 2.32. The molecule has 2 aromatic carbocycles. The van der Waals surface area contributed by atoms with Crippen molar-refractivity contribution in [2.75, 3.05) is 19.0 Å². The number of halogens is 1. The van der Waals surface area contributed by atoms with Crippen LogP contribution >= 0.6 is 15.9 Å². The molecule has 0 spiro atoms. The summed E-state index contributed by atoms with van der Waals surface area (Å²) in [6.07, 6.45) is 0.366. The van der Waals surface area contributed by atoms with Gasteiger partial charge in [0, 0.05) is 11.7 Å². The number of anilines is 1. The number of amides is 1. The zero-order valence-electron chi connectivity index (χ0n) is 14.2. The first-order valence-electron chi connectivity index (χ1n) is 7.86. The Hall–Kier alpha value is -2.36. The topological polar surface area (TPSA) is 74.2 Å². The van der Waals surface area contributed by atoms with Gasteiger partial charge in [-0.2, -0.15) is 5.26 Å². The number of nitrogens with one attached hydrogen (secondary N) is 2. The van der Waals surface area contributed by atoms with Crippen LogP contribution in [0.15, 0.2) is 46.9 Å². The quantitative estimate of drug-likeness (QED) is 0.739. The van der Waals surface area contributed by atoms with E-state index in [1.807, 2.05) is 37.3 Å². The second kappa shape index (κ2) is 9.21. The number of nitrogens with zero attached hydrogens (tertiary/aromatic N) is 1. The highest BCUT2D eigenvalue weighted by Gasteiger charge is 2.10. The van der Waals surface area contributed by atoms with Crippen LogP contribution in [0.3, 0.4) is 0 Å². The summed E-state index contributed by atoms with van der Waals surface area (Å²) < 4.78 is 6.10. The fraction of sp³-hybridized carbons (Fsp3) is 0.263. The summed E-state index contributed by atoms with van der Waals surface area (Å²) in [6, 6.07) is 15.2. The minimum Gasteiger partial charge on any atom is -0.496 e. The van der Waals surface area contributed by atoms with E-state index in [0.717, 1.165) is 21.3 Å². The molecule has 130 valence electrons. The first-order chi connectivity index (χ1) is 12.0. The predicted octanol–water partition coefficient (Wildman–Crippen LogP) is 3.81. The van der Waals surface area contributed by atoms with Crippen molar-refractivity contribution in [3.8, 4) is 11.8 Å². The number of hydrogen-bond donors (Lipinski definition) is 2. The maximum Gasteiger partial charge on any atom is 0.238 e. The van der Waals surface area contributed by atoms with Gasteiger partial charge in [0.2, 0.25) is 5.91 Å². The van der Waals surface area contributed by atoms with Crippen LogP contribution in [0.5, 0.6) is 5.75 Å². The van der Waals surface area contributed by atoms with Crippen LogP contribution in [0.2, 0.25) is 0 Å². The van der Waals surface area contributed by atoms with E-state index in [1.165, 1.54) is 0 Å². The van der Waals surface area contributed by atoms with Crippen molar-refractivity contribution in [3.63, 3.8) is 0 Å². The molecule has 0 aliphatic carbocycles. The van der Waals surface area contributed by atoms with Crippen LogP contribution in [0.4, 0.5) is 5.69 Å². The van der Waals surface area contributed by atoms with Gasteiger partial charge in [-0.3, -0.25) is 4.79 Å². The highest BCUT2D eigenvalue weighted by Crippen LogP contribution is 2.27. The lowest BCUT2D eigenvalue weighted by atomic mass is 10.1. The van der Waals surface area contributed by atoms with Gasteiger partial charge in [0.15, 0.2) is 0 Å². The van der Waals surface area contributed by atoms with Gasteiger partial charge in [-0.1, -0.05) is 18.2 Å². The van der Waals surface area contributed by atoms with Crippen molar-refractivity contribution in [3.05, 3.63) is 58.1 Å². The number of hydrogen-bond acceptors (Lipinski definition) is 4. The van der Waals surface area contributed by atoms with Crippen LogP contribution in [0.1, 0.15) is 24.1 Å². The van der Waals surface area contributed by atoms with E-state index >= 15 is 0 Å². The van der Waals surface area contributed by atoms with Gasteiger partial charge in [-0.05, 0) is 58.2 Å². The second-order valence-corrected chi connectivity index (χ2v) is 6.43. The third-order valence-electron chi connectivity index (χ3n) is 3.77. The molecule has 0 fully saturated rings. The van der Waals surface area contributed by atoms with Crippen molar-refractivity contribution in [1.82, 2.24) is 5.32 Å². The van der Waals surface area contributed by atoms with E-state index in [2.05, 4.69) is 32.6 Å². The van der Waals surface area contributed by atoms with E-state index in [1.54, 1.807) is 19.2 Å². The molecule has 0 aliphatic rings. The number of methoxy groups -OCH3 is 1. The predicted molar refractivity (Wildman–Crippen MR) is 102 cm³/mol. The minimum atomic E-state index is -0.118. The number of ether oxygens (including phenoxy) is 1. The van der Waals surface area contributed by atoms with Gasteiger partial charge in [0.1, 0.15) is 5.75 Å². The molecule has 25 heavy (non-hydrogen) atoms. The van der Waals surface area contributed by atoms with Gasteiger partial charge in [0.25, 0.3) is 0 Å². The molecule has 6 heteroatoms. The smallest absolute Gasteiger partial charge is 0.238 e. The number of benzene rings is 2. The van der Waals surface area contributed by atoms with Crippen LogP contribution in [0, 0.1) is 11.3 Å². The first-order valence-corrected chi connectivity index (χ1v) is 8.65. The second-order valence-electron chi connectivity index (χ2n) is 5.58. The molecule has 1 amide bonds. The molecule has 2 rings (SSSR count). The molecule has 2 N–H and O–H groups in total. The van der Waals surface area contributed by atoms with Gasteiger partial charge in [0.05, 0.1) is 30.6 Å². The average molecular weight is 402 g/mol. The van der Waals surface area contributed by atoms with Crippen molar-refractivity contribution in [2.45, 2.75) is 19.4 Å². The number of rotatable bonds is 7. The average Bonchev–Trinajstić information content (AvgIpc) is 2.61. The zero-order valence-corrected chi connectivity index (χ0v) is 15.8. The molecular formula is C19H20BrN3O2. The molecule has 1 atom stereocenters. The van der Waals surface area contributed by atoms with Crippen molar-refractivity contribution in [2.24, 2.45) is 0 Å². The molecular weight excluding hydrogens is 382 g/mol. The Balaban J connectivity index is 1.86. The number of carbonyl (C=O) groups is 1. The molecule has 0 unspecified atom stereocenters. The Labute approximate surface area is 156 Å². The fourth-order valence-corrected chi connectivity index (χ4v) is 2.88.